The van der Waals surface area contributed by atoms with Crippen molar-refractivity contribution in [2.24, 2.45) is 0 Å². The number of hydrogen-bond acceptors (Lipinski definition) is 3. The molecule has 0 atom stereocenters. The van der Waals surface area contributed by atoms with Crippen molar-refractivity contribution in [3.63, 3.8) is 0 Å². The third kappa shape index (κ3) is 3.30. The van der Waals surface area contributed by atoms with Crippen LogP contribution in [0.15, 0.2) is 6.07 Å². The fourth-order valence-electron chi connectivity index (χ4n) is 3.49. The molecule has 0 unspecified atom stereocenters. The minimum Gasteiger partial charge on any atom is -0.345 e. The van der Waals surface area contributed by atoms with Crippen molar-refractivity contribution in [3.8, 4) is 0 Å². The van der Waals surface area contributed by atoms with Gasteiger partial charge in [0.25, 0.3) is 5.91 Å². The molecule has 0 radical (unpaired) electrons. The highest BCUT2D eigenvalue weighted by molar-refractivity contribution is 7.88. The Kier molecular flexibility index (Phi) is 4.27. The van der Waals surface area contributed by atoms with Crippen molar-refractivity contribution in [2.75, 3.05) is 32.4 Å². The van der Waals surface area contributed by atoms with Crippen molar-refractivity contribution >= 4 is 15.9 Å². The number of amides is 1. The van der Waals surface area contributed by atoms with Gasteiger partial charge in [-0.3, -0.25) is 4.79 Å². The summed E-state index contributed by atoms with van der Waals surface area (Å²) >= 11 is 0. The first kappa shape index (κ1) is 16.5. The molecule has 1 aromatic heterocycles. The summed E-state index contributed by atoms with van der Waals surface area (Å²) in [5.41, 5.74) is 2.95. The molecule has 1 aliphatic heterocycles. The van der Waals surface area contributed by atoms with Gasteiger partial charge in [0.05, 0.1) is 11.8 Å². The standard InChI is InChI=1S/C16H25N3O3S/c1-12-11-15(13(2)19(12)14-5-6-14)16(20)17-7-4-8-18(10-9-17)23(3,21)22/h11,14H,4-10H2,1-3H3. The number of aryl methyl sites for hydroxylation is 1. The van der Waals surface area contributed by atoms with Gasteiger partial charge in [0.2, 0.25) is 10.0 Å². The van der Waals surface area contributed by atoms with E-state index in [4.69, 9.17) is 0 Å². The molecule has 128 valence electrons. The summed E-state index contributed by atoms with van der Waals surface area (Å²) in [5.74, 6) is 0.0281. The Hall–Kier alpha value is -1.34. The highest BCUT2D eigenvalue weighted by Gasteiger charge is 2.30. The summed E-state index contributed by atoms with van der Waals surface area (Å²) < 4.78 is 27.1. The normalized spacial score (nSPS) is 20.6. The summed E-state index contributed by atoms with van der Waals surface area (Å²) in [6.45, 7) is 6.00. The van der Waals surface area contributed by atoms with Gasteiger partial charge in [-0.25, -0.2) is 12.7 Å². The van der Waals surface area contributed by atoms with Crippen LogP contribution < -0.4 is 0 Å². The van der Waals surface area contributed by atoms with Crippen LogP contribution in [0.2, 0.25) is 0 Å². The van der Waals surface area contributed by atoms with Crippen LogP contribution in [0, 0.1) is 13.8 Å². The lowest BCUT2D eigenvalue weighted by Gasteiger charge is -2.21. The van der Waals surface area contributed by atoms with Crippen LogP contribution in [0.1, 0.15) is 47.1 Å². The molecule has 2 fully saturated rings. The van der Waals surface area contributed by atoms with E-state index in [1.54, 1.807) is 4.90 Å². The smallest absolute Gasteiger partial charge is 0.255 e. The average Bonchev–Trinajstić information content (AvgIpc) is 3.26. The van der Waals surface area contributed by atoms with Crippen molar-refractivity contribution in [1.29, 1.82) is 0 Å². The summed E-state index contributed by atoms with van der Waals surface area (Å²) in [6.07, 6.45) is 4.29. The first-order chi connectivity index (χ1) is 10.8. The first-order valence-electron chi connectivity index (χ1n) is 8.22. The first-order valence-corrected chi connectivity index (χ1v) is 10.1. The van der Waals surface area contributed by atoms with Crippen molar-refractivity contribution in [2.45, 2.75) is 39.2 Å². The summed E-state index contributed by atoms with van der Waals surface area (Å²) in [5, 5.41) is 0. The van der Waals surface area contributed by atoms with Gasteiger partial charge >= 0.3 is 0 Å². The van der Waals surface area contributed by atoms with Gasteiger partial charge in [-0.15, -0.1) is 0 Å². The number of sulfonamides is 1. The highest BCUT2D eigenvalue weighted by Crippen LogP contribution is 2.38. The zero-order valence-electron chi connectivity index (χ0n) is 14.1. The Morgan fingerprint density at radius 1 is 1.13 bits per heavy atom. The van der Waals surface area contributed by atoms with Gasteiger partial charge in [0, 0.05) is 43.6 Å². The van der Waals surface area contributed by atoms with E-state index in [2.05, 4.69) is 11.5 Å². The highest BCUT2D eigenvalue weighted by atomic mass is 32.2. The molecule has 0 spiro atoms. The molecule has 6 nitrogen and oxygen atoms in total. The van der Waals surface area contributed by atoms with E-state index in [0.717, 1.165) is 17.0 Å². The maximum Gasteiger partial charge on any atom is 0.255 e. The predicted molar refractivity (Wildman–Crippen MR) is 89.1 cm³/mol. The number of carbonyl (C=O) groups is 1. The Bertz CT molecular complexity index is 719. The molecule has 1 saturated carbocycles. The predicted octanol–water partition coefficient (Wildman–Crippen LogP) is 1.55. The molecular formula is C16H25N3O3S. The topological polar surface area (TPSA) is 62.6 Å². The fourth-order valence-corrected chi connectivity index (χ4v) is 4.36. The maximum atomic E-state index is 12.9. The third-order valence-corrected chi connectivity index (χ3v) is 6.14. The monoisotopic (exact) mass is 339 g/mol. The van der Waals surface area contributed by atoms with Gasteiger partial charge < -0.3 is 9.47 Å². The number of carbonyl (C=O) groups excluding carboxylic acids is 1. The Balaban J connectivity index is 1.77. The van der Waals surface area contributed by atoms with Gasteiger partial charge in [0.15, 0.2) is 0 Å². The molecule has 1 amide bonds. The van der Waals surface area contributed by atoms with E-state index in [9.17, 15) is 13.2 Å². The number of nitrogens with zero attached hydrogens (tertiary/aromatic N) is 3. The summed E-state index contributed by atoms with van der Waals surface area (Å²) in [6, 6.07) is 2.54. The lowest BCUT2D eigenvalue weighted by molar-refractivity contribution is 0.0763. The molecule has 23 heavy (non-hydrogen) atoms. The van der Waals surface area contributed by atoms with E-state index in [-0.39, 0.29) is 5.91 Å². The van der Waals surface area contributed by atoms with Gasteiger partial charge in [-0.1, -0.05) is 0 Å². The van der Waals surface area contributed by atoms with E-state index in [0.29, 0.717) is 38.6 Å². The summed E-state index contributed by atoms with van der Waals surface area (Å²) in [7, 11) is -3.19. The lowest BCUT2D eigenvalue weighted by Crippen LogP contribution is -2.37. The van der Waals surface area contributed by atoms with Crippen LogP contribution in [0.5, 0.6) is 0 Å². The zero-order valence-corrected chi connectivity index (χ0v) is 14.9. The van der Waals surface area contributed by atoms with E-state index >= 15 is 0 Å². The molecule has 0 N–H and O–H groups in total. The maximum absolute atomic E-state index is 12.9. The Morgan fingerprint density at radius 2 is 1.83 bits per heavy atom. The molecule has 1 aliphatic carbocycles. The molecule has 1 aromatic rings. The van der Waals surface area contributed by atoms with Crippen molar-refractivity contribution in [1.82, 2.24) is 13.8 Å². The molecule has 2 heterocycles. The molecular weight excluding hydrogens is 314 g/mol. The van der Waals surface area contributed by atoms with Gasteiger partial charge in [0.1, 0.15) is 0 Å². The summed E-state index contributed by atoms with van der Waals surface area (Å²) in [4.78, 5) is 14.7. The Morgan fingerprint density at radius 3 is 2.43 bits per heavy atom. The van der Waals surface area contributed by atoms with Gasteiger partial charge in [-0.2, -0.15) is 0 Å². The molecule has 2 aliphatic rings. The van der Waals surface area contributed by atoms with E-state index in [1.807, 2.05) is 13.0 Å². The second kappa shape index (κ2) is 5.94. The molecule has 0 aromatic carbocycles. The molecule has 1 saturated heterocycles. The van der Waals surface area contributed by atoms with Crippen LogP contribution >= 0.6 is 0 Å². The van der Waals surface area contributed by atoms with Gasteiger partial charge in [-0.05, 0) is 39.2 Å². The number of aromatic nitrogens is 1. The molecule has 7 heteroatoms. The van der Waals surface area contributed by atoms with E-state index in [1.165, 1.54) is 23.4 Å². The fraction of sp³-hybridized carbons (Fsp3) is 0.688. The van der Waals surface area contributed by atoms with Crippen LogP contribution in [0.4, 0.5) is 0 Å². The number of hydrogen-bond donors (Lipinski definition) is 0. The quantitative estimate of drug-likeness (QED) is 0.839. The number of rotatable bonds is 3. The van der Waals surface area contributed by atoms with Crippen LogP contribution in [0.3, 0.4) is 0 Å². The van der Waals surface area contributed by atoms with Crippen molar-refractivity contribution < 1.29 is 13.2 Å². The SMILES string of the molecule is Cc1cc(C(=O)N2CCCN(S(C)(=O)=O)CC2)c(C)n1C1CC1. The average molecular weight is 339 g/mol. The van der Waals surface area contributed by atoms with Crippen LogP contribution in [-0.4, -0.2) is 60.5 Å². The largest absolute Gasteiger partial charge is 0.345 e. The minimum absolute atomic E-state index is 0.0281. The lowest BCUT2D eigenvalue weighted by atomic mass is 10.2. The Labute approximate surface area is 138 Å². The second-order valence-electron chi connectivity index (χ2n) is 6.69. The van der Waals surface area contributed by atoms with E-state index < -0.39 is 10.0 Å². The third-order valence-electron chi connectivity index (χ3n) is 4.84. The van der Waals surface area contributed by atoms with Crippen LogP contribution in [-0.2, 0) is 10.0 Å². The van der Waals surface area contributed by atoms with Crippen LogP contribution in [0.25, 0.3) is 0 Å². The minimum atomic E-state index is -3.19. The second-order valence-corrected chi connectivity index (χ2v) is 8.68. The molecule has 3 rings (SSSR count). The zero-order chi connectivity index (χ0) is 16.8. The molecule has 0 bridgehead atoms. The van der Waals surface area contributed by atoms with Crippen molar-refractivity contribution in [3.05, 3.63) is 23.0 Å².